The number of hydrogen-bond donors (Lipinski definition) is 7. The molecule has 0 saturated carbocycles. The first-order valence-corrected chi connectivity index (χ1v) is 12.3. The van der Waals surface area contributed by atoms with Gasteiger partial charge in [-0.1, -0.05) is 24.3 Å². The molecule has 4 aromatic rings. The molecule has 3 aromatic carbocycles. The summed E-state index contributed by atoms with van der Waals surface area (Å²) in [4.78, 5) is 29.1. The van der Waals surface area contributed by atoms with Crippen molar-refractivity contribution in [2.75, 3.05) is 22.0 Å². The van der Waals surface area contributed by atoms with Gasteiger partial charge < -0.3 is 15.7 Å². The van der Waals surface area contributed by atoms with Gasteiger partial charge in [-0.15, -0.1) is 0 Å². The molecule has 198 valence electrons. The molecule has 1 aromatic heterocycles. The zero-order valence-electron chi connectivity index (χ0n) is 19.3. The number of fused-ring (bicyclic) bond motifs is 1. The fraction of sp³-hybridized carbons (Fsp3) is 0.0455. The van der Waals surface area contributed by atoms with E-state index in [4.69, 9.17) is 0 Å². The third-order valence-electron chi connectivity index (χ3n) is 5.28. The molecule has 2 atom stereocenters. The first-order valence-electron chi connectivity index (χ1n) is 10.8. The zero-order chi connectivity index (χ0) is 27.4. The number of amides is 1. The molecule has 2 unspecified atom stereocenters. The van der Waals surface area contributed by atoms with E-state index in [1.807, 2.05) is 0 Å². The van der Waals surface area contributed by atoms with E-state index in [9.17, 15) is 38.8 Å². The maximum atomic E-state index is 13.0. The van der Waals surface area contributed by atoms with Crippen LogP contribution in [0.1, 0.15) is 0 Å². The van der Waals surface area contributed by atoms with Crippen molar-refractivity contribution in [3.8, 4) is 0 Å². The molecule has 0 fully saturated rings. The van der Waals surface area contributed by atoms with E-state index in [1.165, 1.54) is 54.6 Å². The fourth-order valence-corrected chi connectivity index (χ4v) is 4.59. The molecule has 0 spiro atoms. The van der Waals surface area contributed by atoms with Gasteiger partial charge in [-0.05, 0) is 30.3 Å². The number of rotatable bonds is 9. The van der Waals surface area contributed by atoms with Gasteiger partial charge in [0, 0.05) is 12.1 Å². The number of quaternary nitrogens is 2. The number of carbonyl (C=O) groups is 1. The van der Waals surface area contributed by atoms with E-state index in [0.717, 1.165) is 17.1 Å². The van der Waals surface area contributed by atoms with Crippen LogP contribution >= 0.6 is 0 Å². The minimum atomic E-state index is -4.30. The third kappa shape index (κ3) is 5.76. The number of aromatic nitrogens is 2. The number of para-hydroxylation sites is 4. The highest BCUT2D eigenvalue weighted by Gasteiger charge is 2.20. The van der Waals surface area contributed by atoms with E-state index >= 15 is 0 Å². The summed E-state index contributed by atoms with van der Waals surface area (Å²) in [5.41, 5.74) is 1.41. The van der Waals surface area contributed by atoms with Crippen molar-refractivity contribution in [2.24, 2.45) is 0 Å². The van der Waals surface area contributed by atoms with Crippen LogP contribution in [0, 0.1) is 10.4 Å². The maximum Gasteiger partial charge on any atom is 0.280 e. The minimum absolute atomic E-state index is 0.0434. The van der Waals surface area contributed by atoms with Crippen LogP contribution in [0.3, 0.4) is 0 Å². The third-order valence-corrected chi connectivity index (χ3v) is 6.65. The maximum absolute atomic E-state index is 13.0. The molecule has 38 heavy (non-hydrogen) atoms. The highest BCUT2D eigenvalue weighted by molar-refractivity contribution is 7.92. The molecular formula is C22H21N7O8S. The number of benzene rings is 3. The number of anilines is 2. The summed E-state index contributed by atoms with van der Waals surface area (Å²) in [6.45, 7) is -0.379. The summed E-state index contributed by atoms with van der Waals surface area (Å²) in [5.74, 6) is -0.704. The molecule has 1 heterocycles. The molecule has 0 saturated heterocycles. The second-order valence-corrected chi connectivity index (χ2v) is 9.48. The van der Waals surface area contributed by atoms with Gasteiger partial charge >= 0.3 is 0 Å². The first kappa shape index (κ1) is 26.6. The lowest BCUT2D eigenvalue weighted by molar-refractivity contribution is -0.990. The van der Waals surface area contributed by atoms with Crippen molar-refractivity contribution >= 4 is 49.6 Å². The van der Waals surface area contributed by atoms with Crippen molar-refractivity contribution in [2.45, 2.75) is 4.90 Å². The van der Waals surface area contributed by atoms with Gasteiger partial charge in [-0.25, -0.2) is 28.5 Å². The van der Waals surface area contributed by atoms with Crippen LogP contribution in [0.25, 0.3) is 10.9 Å². The topological polar surface area (TPSA) is 218 Å². The molecule has 7 N–H and O–H groups in total. The normalized spacial score (nSPS) is 13.1. The predicted octanol–water partition coefficient (Wildman–Crippen LogP) is -0.814. The van der Waals surface area contributed by atoms with Crippen molar-refractivity contribution in [1.29, 1.82) is 0 Å². The average Bonchev–Trinajstić information content (AvgIpc) is 2.89. The minimum Gasteiger partial charge on any atom is -0.595 e. The lowest BCUT2D eigenvalue weighted by Gasteiger charge is -2.17. The quantitative estimate of drug-likeness (QED) is 0.130. The van der Waals surface area contributed by atoms with E-state index in [-0.39, 0.29) is 45.1 Å². The van der Waals surface area contributed by atoms with Crippen LogP contribution in [-0.4, -0.2) is 40.9 Å². The Kier molecular flexibility index (Phi) is 7.65. The van der Waals surface area contributed by atoms with Gasteiger partial charge in [0.1, 0.15) is 12.0 Å². The summed E-state index contributed by atoms with van der Waals surface area (Å²) in [7, 11) is -4.30. The number of carbonyl (C=O) groups excluding carboxylic acids is 1. The zero-order valence-corrected chi connectivity index (χ0v) is 20.1. The smallest absolute Gasteiger partial charge is 0.280 e. The largest absolute Gasteiger partial charge is 0.595 e. The van der Waals surface area contributed by atoms with Crippen molar-refractivity contribution in [3.05, 3.63) is 93.8 Å². The number of nitrogens with one attached hydrogen (secondary N) is 5. The monoisotopic (exact) mass is 543 g/mol. The van der Waals surface area contributed by atoms with E-state index < -0.39 is 31.9 Å². The summed E-state index contributed by atoms with van der Waals surface area (Å²) in [6, 6.07) is 14.9. The van der Waals surface area contributed by atoms with Crippen LogP contribution < -0.4 is 31.5 Å². The van der Waals surface area contributed by atoms with Gasteiger partial charge in [0.25, 0.3) is 21.5 Å². The molecule has 15 nitrogen and oxygen atoms in total. The van der Waals surface area contributed by atoms with E-state index in [1.54, 1.807) is 6.07 Å². The summed E-state index contributed by atoms with van der Waals surface area (Å²) >= 11 is 0. The highest BCUT2D eigenvalue weighted by Crippen LogP contribution is 2.23. The SMILES string of the molecule is O=C(CNc1ccccc1[NH+]([O-])O)Nn1cnc2ccc(S(=O)(=O)Nc3ccccc3[NH+]([O-])O)cc2c1=O. The van der Waals surface area contributed by atoms with Crippen LogP contribution in [0.15, 0.2) is 82.7 Å². The van der Waals surface area contributed by atoms with Crippen molar-refractivity contribution in [3.63, 3.8) is 0 Å². The Morgan fingerprint density at radius 1 is 0.947 bits per heavy atom. The second kappa shape index (κ2) is 10.9. The first-order chi connectivity index (χ1) is 18.1. The van der Waals surface area contributed by atoms with Crippen LogP contribution in [-0.2, 0) is 14.8 Å². The molecule has 1 amide bonds. The van der Waals surface area contributed by atoms with Crippen LogP contribution in [0.4, 0.5) is 22.7 Å². The highest BCUT2D eigenvalue weighted by atomic mass is 32.2. The Labute approximate surface area is 214 Å². The number of nitrogens with zero attached hydrogens (tertiary/aromatic N) is 2. The van der Waals surface area contributed by atoms with Gasteiger partial charge in [-0.3, -0.25) is 19.7 Å². The molecule has 16 heteroatoms. The fourth-order valence-electron chi connectivity index (χ4n) is 3.48. The Morgan fingerprint density at radius 2 is 1.55 bits per heavy atom. The molecular weight excluding hydrogens is 522 g/mol. The molecule has 0 bridgehead atoms. The number of sulfonamides is 1. The standard InChI is InChI=1S/C22H21N7O8S/c30-21(12-23-17-5-1-3-7-19(17)28(32)33)25-27-13-24-16-10-9-14(11-15(16)22(27)31)38(36,37)26-18-6-2-4-8-20(18)29(34)35/h1-11,13,23,26,28-29,32,34H,12H2,(H,25,30). The summed E-state index contributed by atoms with van der Waals surface area (Å²) in [6.07, 6.45) is 1.04. The Bertz CT molecular complexity index is 1660. The Hall–Kier alpha value is -4.42. The lowest BCUT2D eigenvalue weighted by atomic mass is 10.2. The van der Waals surface area contributed by atoms with Gasteiger partial charge in [0.2, 0.25) is 0 Å². The Balaban J connectivity index is 1.56. The lowest BCUT2D eigenvalue weighted by Crippen LogP contribution is -2.99. The molecule has 0 aliphatic carbocycles. The second-order valence-electron chi connectivity index (χ2n) is 7.79. The van der Waals surface area contributed by atoms with Crippen molar-refractivity contribution in [1.82, 2.24) is 9.66 Å². The van der Waals surface area contributed by atoms with Gasteiger partial charge in [-0.2, -0.15) is 10.5 Å². The molecule has 0 aliphatic heterocycles. The van der Waals surface area contributed by atoms with E-state index in [2.05, 4.69) is 20.4 Å². The Morgan fingerprint density at radius 3 is 2.21 bits per heavy atom. The summed E-state index contributed by atoms with van der Waals surface area (Å²) in [5, 5.41) is 41.3. The average molecular weight is 544 g/mol. The van der Waals surface area contributed by atoms with Crippen LogP contribution in [0.5, 0.6) is 0 Å². The molecule has 4 rings (SSSR count). The van der Waals surface area contributed by atoms with Gasteiger partial charge in [0.15, 0.2) is 11.4 Å². The number of hydrogen-bond acceptors (Lipinski definition) is 10. The van der Waals surface area contributed by atoms with Crippen molar-refractivity contribution < 1.29 is 34.1 Å². The predicted molar refractivity (Wildman–Crippen MR) is 134 cm³/mol. The summed E-state index contributed by atoms with van der Waals surface area (Å²) < 4.78 is 28.8. The van der Waals surface area contributed by atoms with Crippen LogP contribution in [0.2, 0.25) is 0 Å². The molecule has 0 aliphatic rings. The van der Waals surface area contributed by atoms with Gasteiger partial charge in [0.05, 0.1) is 28.0 Å². The molecule has 0 radical (unpaired) electrons. The van der Waals surface area contributed by atoms with E-state index in [0.29, 0.717) is 0 Å².